The number of piperidine rings is 2. The van der Waals surface area contributed by atoms with E-state index in [-0.39, 0.29) is 5.91 Å². The second-order valence-electron chi connectivity index (χ2n) is 7.55. The zero-order valence-corrected chi connectivity index (χ0v) is 15.9. The number of aromatic nitrogens is 2. The van der Waals surface area contributed by atoms with Crippen LogP contribution >= 0.6 is 0 Å². The predicted molar refractivity (Wildman–Crippen MR) is 94.9 cm³/mol. The molecular formula is C17H26N4O4S. The monoisotopic (exact) mass is 382 g/mol. The highest BCUT2D eigenvalue weighted by Crippen LogP contribution is 2.40. The van der Waals surface area contributed by atoms with Crippen LogP contribution in [0.25, 0.3) is 0 Å². The third-order valence-corrected chi connectivity index (χ3v) is 7.10. The lowest BCUT2D eigenvalue weighted by Crippen LogP contribution is -2.55. The molecule has 3 aliphatic rings. The van der Waals surface area contributed by atoms with Crippen molar-refractivity contribution in [2.75, 3.05) is 32.4 Å². The SMILES string of the molecule is CS(=O)(=O)N1CCC2(CC1)OC(C(=O)N1CCCCC1)Cn1ccnc12. The number of carbonyl (C=O) groups excluding carboxylic acids is 1. The fourth-order valence-electron chi connectivity index (χ4n) is 4.36. The van der Waals surface area contributed by atoms with Gasteiger partial charge in [-0.2, -0.15) is 0 Å². The molecule has 0 bridgehead atoms. The summed E-state index contributed by atoms with van der Waals surface area (Å²) < 4.78 is 33.5. The van der Waals surface area contributed by atoms with E-state index in [4.69, 9.17) is 4.74 Å². The molecule has 8 nitrogen and oxygen atoms in total. The summed E-state index contributed by atoms with van der Waals surface area (Å²) in [6.07, 6.45) is 8.62. The second kappa shape index (κ2) is 6.61. The molecule has 3 aliphatic heterocycles. The molecule has 1 atom stereocenters. The van der Waals surface area contributed by atoms with Gasteiger partial charge in [0.25, 0.3) is 5.91 Å². The Morgan fingerprint density at radius 3 is 2.54 bits per heavy atom. The number of carbonyl (C=O) groups is 1. The van der Waals surface area contributed by atoms with Crippen LogP contribution in [0.15, 0.2) is 12.4 Å². The van der Waals surface area contributed by atoms with Crippen molar-refractivity contribution in [2.45, 2.75) is 50.4 Å². The van der Waals surface area contributed by atoms with E-state index in [0.29, 0.717) is 32.5 Å². The molecule has 0 radical (unpaired) electrons. The number of rotatable bonds is 2. The van der Waals surface area contributed by atoms with Crippen molar-refractivity contribution in [1.29, 1.82) is 0 Å². The molecule has 0 aromatic carbocycles. The van der Waals surface area contributed by atoms with Gasteiger partial charge in [0.1, 0.15) is 11.4 Å². The molecule has 26 heavy (non-hydrogen) atoms. The molecule has 144 valence electrons. The first kappa shape index (κ1) is 17.9. The molecular weight excluding hydrogens is 356 g/mol. The standard InChI is InChI=1S/C17H26N4O4S/c1-26(23,24)21-10-5-17(6-11-21)16-18-7-12-20(16)13-14(25-17)15(22)19-8-3-2-4-9-19/h7,12,14H,2-6,8-11,13H2,1H3. The highest BCUT2D eigenvalue weighted by Gasteiger charge is 2.48. The zero-order valence-electron chi connectivity index (χ0n) is 15.1. The maximum Gasteiger partial charge on any atom is 0.253 e. The van der Waals surface area contributed by atoms with Crippen LogP contribution < -0.4 is 0 Å². The first-order chi connectivity index (χ1) is 12.4. The summed E-state index contributed by atoms with van der Waals surface area (Å²) in [6.45, 7) is 2.84. The Kier molecular flexibility index (Phi) is 4.56. The van der Waals surface area contributed by atoms with Crippen LogP contribution in [0.3, 0.4) is 0 Å². The molecule has 4 rings (SSSR count). The van der Waals surface area contributed by atoms with E-state index in [9.17, 15) is 13.2 Å². The van der Waals surface area contributed by atoms with E-state index in [1.165, 1.54) is 17.0 Å². The van der Waals surface area contributed by atoms with Crippen molar-refractivity contribution in [3.63, 3.8) is 0 Å². The van der Waals surface area contributed by atoms with Crippen LogP contribution in [-0.4, -0.2) is 71.6 Å². The number of imidazole rings is 1. The Hall–Kier alpha value is -1.45. The molecule has 1 aromatic rings. The zero-order chi connectivity index (χ0) is 18.4. The smallest absolute Gasteiger partial charge is 0.253 e. The number of hydrogen-bond acceptors (Lipinski definition) is 5. The molecule has 2 saturated heterocycles. The third-order valence-electron chi connectivity index (χ3n) is 5.80. The van der Waals surface area contributed by atoms with E-state index in [1.54, 1.807) is 6.20 Å². The maximum atomic E-state index is 13.0. The highest BCUT2D eigenvalue weighted by atomic mass is 32.2. The van der Waals surface area contributed by atoms with Gasteiger partial charge in [-0.15, -0.1) is 0 Å². The Morgan fingerprint density at radius 2 is 1.88 bits per heavy atom. The van der Waals surface area contributed by atoms with E-state index in [1.807, 2.05) is 15.7 Å². The lowest BCUT2D eigenvalue weighted by Gasteiger charge is -2.45. The normalized spacial score (nSPS) is 26.7. The molecule has 2 fully saturated rings. The van der Waals surface area contributed by atoms with Crippen molar-refractivity contribution in [3.05, 3.63) is 18.2 Å². The fourth-order valence-corrected chi connectivity index (χ4v) is 5.21. The summed E-state index contributed by atoms with van der Waals surface area (Å²) in [7, 11) is -3.22. The van der Waals surface area contributed by atoms with Crippen molar-refractivity contribution in [2.24, 2.45) is 0 Å². The van der Waals surface area contributed by atoms with Gasteiger partial charge in [-0.25, -0.2) is 17.7 Å². The van der Waals surface area contributed by atoms with Crippen molar-refractivity contribution >= 4 is 15.9 Å². The number of fused-ring (bicyclic) bond motifs is 2. The quantitative estimate of drug-likeness (QED) is 0.746. The molecule has 0 aliphatic carbocycles. The minimum absolute atomic E-state index is 0.0500. The summed E-state index contributed by atoms with van der Waals surface area (Å²) in [5.41, 5.74) is -0.681. The predicted octanol–water partition coefficient (Wildman–Crippen LogP) is 0.545. The van der Waals surface area contributed by atoms with Gasteiger partial charge in [0, 0.05) is 38.6 Å². The molecule has 1 amide bonds. The van der Waals surface area contributed by atoms with Gasteiger partial charge < -0.3 is 14.2 Å². The molecule has 4 heterocycles. The Bertz CT molecular complexity index is 776. The number of sulfonamides is 1. The van der Waals surface area contributed by atoms with Gasteiger partial charge in [0.05, 0.1) is 12.8 Å². The molecule has 0 saturated carbocycles. The molecule has 1 aromatic heterocycles. The number of likely N-dealkylation sites (tertiary alicyclic amines) is 1. The van der Waals surface area contributed by atoms with E-state index in [2.05, 4.69) is 4.98 Å². The minimum atomic E-state index is -3.22. The fraction of sp³-hybridized carbons (Fsp3) is 0.765. The number of nitrogens with zero attached hydrogens (tertiary/aromatic N) is 4. The largest absolute Gasteiger partial charge is 0.352 e. The number of hydrogen-bond donors (Lipinski definition) is 0. The van der Waals surface area contributed by atoms with Crippen molar-refractivity contribution < 1.29 is 17.9 Å². The lowest BCUT2D eigenvalue weighted by atomic mass is 9.89. The van der Waals surface area contributed by atoms with Gasteiger partial charge in [-0.1, -0.05) is 0 Å². The van der Waals surface area contributed by atoms with Crippen LogP contribution in [0, 0.1) is 0 Å². The lowest BCUT2D eigenvalue weighted by molar-refractivity contribution is -0.179. The average Bonchev–Trinajstić information content (AvgIpc) is 3.11. The van der Waals surface area contributed by atoms with Crippen molar-refractivity contribution in [3.8, 4) is 0 Å². The summed E-state index contributed by atoms with van der Waals surface area (Å²) in [4.78, 5) is 19.4. The van der Waals surface area contributed by atoms with Gasteiger partial charge in [-0.05, 0) is 32.1 Å². The van der Waals surface area contributed by atoms with Crippen LogP contribution in [-0.2, 0) is 31.7 Å². The topological polar surface area (TPSA) is 84.7 Å². The highest BCUT2D eigenvalue weighted by molar-refractivity contribution is 7.88. The van der Waals surface area contributed by atoms with E-state index < -0.39 is 21.7 Å². The Labute approximate surface area is 154 Å². The second-order valence-corrected chi connectivity index (χ2v) is 9.53. The molecule has 1 unspecified atom stereocenters. The van der Waals surface area contributed by atoms with E-state index >= 15 is 0 Å². The molecule has 0 N–H and O–H groups in total. The Morgan fingerprint density at radius 1 is 1.19 bits per heavy atom. The van der Waals surface area contributed by atoms with Gasteiger partial charge in [0.2, 0.25) is 10.0 Å². The maximum absolute atomic E-state index is 13.0. The average molecular weight is 382 g/mol. The summed E-state index contributed by atoms with van der Waals surface area (Å²) in [6, 6.07) is 0. The van der Waals surface area contributed by atoms with Gasteiger partial charge in [0.15, 0.2) is 6.10 Å². The van der Waals surface area contributed by atoms with Crippen LogP contribution in [0.4, 0.5) is 0 Å². The molecule has 1 spiro atoms. The van der Waals surface area contributed by atoms with Crippen LogP contribution in [0.1, 0.15) is 37.9 Å². The van der Waals surface area contributed by atoms with Crippen LogP contribution in [0.5, 0.6) is 0 Å². The number of amides is 1. The van der Waals surface area contributed by atoms with Gasteiger partial charge >= 0.3 is 0 Å². The Balaban J connectivity index is 1.56. The molecule has 9 heteroatoms. The summed E-state index contributed by atoms with van der Waals surface area (Å²) in [5, 5.41) is 0. The third kappa shape index (κ3) is 3.16. The number of ether oxygens (including phenoxy) is 1. The minimum Gasteiger partial charge on any atom is -0.352 e. The summed E-state index contributed by atoms with van der Waals surface area (Å²) in [5.74, 6) is 0.863. The first-order valence-electron chi connectivity index (χ1n) is 9.32. The first-order valence-corrected chi connectivity index (χ1v) is 11.2. The van der Waals surface area contributed by atoms with E-state index in [0.717, 1.165) is 31.8 Å². The van der Waals surface area contributed by atoms with Crippen LogP contribution in [0.2, 0.25) is 0 Å². The van der Waals surface area contributed by atoms with Gasteiger partial charge in [-0.3, -0.25) is 4.79 Å². The van der Waals surface area contributed by atoms with Crippen molar-refractivity contribution in [1.82, 2.24) is 18.8 Å². The summed E-state index contributed by atoms with van der Waals surface area (Å²) >= 11 is 0.